The first-order valence-electron chi connectivity index (χ1n) is 2.42. The van der Waals surface area contributed by atoms with E-state index in [2.05, 4.69) is 20.8 Å². The van der Waals surface area contributed by atoms with Gasteiger partial charge < -0.3 is 5.73 Å². The van der Waals surface area contributed by atoms with E-state index in [1.165, 1.54) is 0 Å². The maximum absolute atomic E-state index is 5.24. The van der Waals surface area contributed by atoms with Crippen LogP contribution in [0.15, 0.2) is 11.8 Å². The Morgan fingerprint density at radius 1 is 1.71 bits per heavy atom. The predicted molar refractivity (Wildman–Crippen MR) is 32.5 cm³/mol. The Hall–Kier alpha value is -0.460. The maximum Gasteiger partial charge on any atom is 0.00464 e. The molecule has 7 heavy (non-hydrogen) atoms. The number of nitrogens with two attached hydrogens (primary N) is 1. The van der Waals surface area contributed by atoms with E-state index in [1.54, 1.807) is 0 Å². The summed E-state index contributed by atoms with van der Waals surface area (Å²) in [4.78, 5) is 0. The normalized spacial score (nSPS) is 12.9. The standard InChI is InChI=1S/C6H12N/c1-5(2)4-6(3)7/h4-5H,3,7H2,1-2H3. The molecule has 0 aliphatic heterocycles. The van der Waals surface area contributed by atoms with Gasteiger partial charge in [0.15, 0.2) is 0 Å². The molecule has 0 aliphatic carbocycles. The molecule has 0 bridgehead atoms. The van der Waals surface area contributed by atoms with Crippen molar-refractivity contribution in [1.82, 2.24) is 0 Å². The van der Waals surface area contributed by atoms with E-state index < -0.39 is 0 Å². The van der Waals surface area contributed by atoms with Crippen molar-refractivity contribution in [2.24, 2.45) is 11.7 Å². The van der Waals surface area contributed by atoms with Crippen LogP contribution in [0.25, 0.3) is 0 Å². The molecule has 0 saturated carbocycles. The Morgan fingerprint density at radius 2 is 2.14 bits per heavy atom. The molecule has 0 unspecified atom stereocenters. The molecule has 0 atom stereocenters. The smallest absolute Gasteiger partial charge is 0.00464 e. The molecule has 41 valence electrons. The fourth-order valence-electron chi connectivity index (χ4n) is 0.428. The summed E-state index contributed by atoms with van der Waals surface area (Å²) in [5, 5.41) is 0. The van der Waals surface area contributed by atoms with Crippen LogP contribution in [0.2, 0.25) is 0 Å². The van der Waals surface area contributed by atoms with Gasteiger partial charge in [0.25, 0.3) is 0 Å². The molecule has 0 fully saturated rings. The van der Waals surface area contributed by atoms with Gasteiger partial charge in [0.1, 0.15) is 0 Å². The van der Waals surface area contributed by atoms with Crippen LogP contribution in [0.4, 0.5) is 0 Å². The average molecular weight is 98.2 g/mol. The Morgan fingerprint density at radius 3 is 2.14 bits per heavy atom. The zero-order valence-electron chi connectivity index (χ0n) is 4.94. The molecule has 0 amide bonds. The molecular formula is C6H12N. The molecule has 0 rings (SSSR count). The van der Waals surface area contributed by atoms with Crippen molar-refractivity contribution in [2.45, 2.75) is 13.8 Å². The van der Waals surface area contributed by atoms with Gasteiger partial charge in [-0.1, -0.05) is 19.9 Å². The zero-order valence-corrected chi connectivity index (χ0v) is 4.94. The van der Waals surface area contributed by atoms with Gasteiger partial charge in [-0.2, -0.15) is 0 Å². The summed E-state index contributed by atoms with van der Waals surface area (Å²) in [6.45, 7) is 7.65. The topological polar surface area (TPSA) is 26.0 Å². The van der Waals surface area contributed by atoms with E-state index >= 15 is 0 Å². The van der Waals surface area contributed by atoms with Crippen molar-refractivity contribution in [2.75, 3.05) is 0 Å². The van der Waals surface area contributed by atoms with Gasteiger partial charge in [-0.3, -0.25) is 0 Å². The van der Waals surface area contributed by atoms with Gasteiger partial charge in [-0.15, -0.1) is 0 Å². The molecule has 0 aromatic carbocycles. The van der Waals surface area contributed by atoms with Crippen molar-refractivity contribution in [1.29, 1.82) is 0 Å². The molecule has 1 radical (unpaired) electrons. The van der Waals surface area contributed by atoms with E-state index in [0.717, 1.165) is 0 Å². The maximum atomic E-state index is 5.24. The van der Waals surface area contributed by atoms with Gasteiger partial charge in [0.05, 0.1) is 0 Å². The zero-order chi connectivity index (χ0) is 5.86. The Labute approximate surface area is 45.2 Å². The van der Waals surface area contributed by atoms with E-state index in [9.17, 15) is 0 Å². The second-order valence-electron chi connectivity index (χ2n) is 1.99. The lowest BCUT2D eigenvalue weighted by Gasteiger charge is -1.93. The minimum Gasteiger partial charge on any atom is -0.402 e. The minimum absolute atomic E-state index is 0.525. The van der Waals surface area contributed by atoms with E-state index in [0.29, 0.717) is 11.6 Å². The van der Waals surface area contributed by atoms with Crippen LogP contribution in [0, 0.1) is 12.8 Å². The molecule has 0 spiro atoms. The number of rotatable bonds is 1. The second kappa shape index (κ2) is 2.67. The monoisotopic (exact) mass is 98.1 g/mol. The third kappa shape index (κ3) is 5.54. The summed E-state index contributed by atoms with van der Waals surface area (Å²) in [7, 11) is 0. The summed E-state index contributed by atoms with van der Waals surface area (Å²) in [6, 6.07) is 0. The molecule has 0 saturated heterocycles. The van der Waals surface area contributed by atoms with Gasteiger partial charge >= 0.3 is 0 Å². The molecule has 1 heteroatoms. The molecule has 0 aromatic rings. The summed E-state index contributed by atoms with van der Waals surface area (Å²) < 4.78 is 0. The average Bonchev–Trinajstić information content (AvgIpc) is 1.27. The number of hydrogen-bond donors (Lipinski definition) is 1. The first-order valence-corrected chi connectivity index (χ1v) is 2.42. The van der Waals surface area contributed by atoms with E-state index in [1.807, 2.05) is 6.08 Å². The fourth-order valence-corrected chi connectivity index (χ4v) is 0.428. The summed E-state index contributed by atoms with van der Waals surface area (Å²) in [5.41, 5.74) is 5.91. The lowest BCUT2D eigenvalue weighted by Crippen LogP contribution is -1.92. The summed E-state index contributed by atoms with van der Waals surface area (Å²) in [5.74, 6) is 0.525. The van der Waals surface area contributed by atoms with Gasteiger partial charge in [-0.05, 0) is 12.8 Å². The predicted octanol–water partition coefficient (Wildman–Crippen LogP) is 1.32. The molecule has 0 heterocycles. The molecule has 1 nitrogen and oxygen atoms in total. The SMILES string of the molecule is [CH2]C(N)=CC(C)C. The van der Waals surface area contributed by atoms with Crippen molar-refractivity contribution in [3.8, 4) is 0 Å². The van der Waals surface area contributed by atoms with Crippen LogP contribution >= 0.6 is 0 Å². The molecular weight excluding hydrogens is 86.1 g/mol. The van der Waals surface area contributed by atoms with Gasteiger partial charge in [-0.25, -0.2) is 0 Å². The van der Waals surface area contributed by atoms with Crippen molar-refractivity contribution in [3.63, 3.8) is 0 Å². The lowest BCUT2D eigenvalue weighted by atomic mass is 10.2. The second-order valence-corrected chi connectivity index (χ2v) is 1.99. The third-order valence-electron chi connectivity index (χ3n) is 0.547. The quantitative estimate of drug-likeness (QED) is 0.526. The Bertz CT molecular complexity index is 68.2. The largest absolute Gasteiger partial charge is 0.402 e. The van der Waals surface area contributed by atoms with Crippen molar-refractivity contribution >= 4 is 0 Å². The van der Waals surface area contributed by atoms with Crippen LogP contribution in [0.1, 0.15) is 13.8 Å². The highest BCUT2D eigenvalue weighted by molar-refractivity contribution is 5.00. The van der Waals surface area contributed by atoms with Crippen LogP contribution in [-0.2, 0) is 0 Å². The third-order valence-corrected chi connectivity index (χ3v) is 0.547. The first-order chi connectivity index (χ1) is 3.13. The highest BCUT2D eigenvalue weighted by atomic mass is 14.5. The Kier molecular flexibility index (Phi) is 2.49. The first kappa shape index (κ1) is 6.54. The lowest BCUT2D eigenvalue weighted by molar-refractivity contribution is 0.823. The Balaban J connectivity index is 3.45. The van der Waals surface area contributed by atoms with Gasteiger partial charge in [0, 0.05) is 5.70 Å². The summed E-state index contributed by atoms with van der Waals surface area (Å²) >= 11 is 0. The van der Waals surface area contributed by atoms with Crippen LogP contribution in [0.5, 0.6) is 0 Å². The molecule has 0 aromatic heterocycles. The van der Waals surface area contributed by atoms with Crippen LogP contribution in [-0.4, -0.2) is 0 Å². The minimum atomic E-state index is 0.525. The molecule has 0 aliphatic rings. The number of hydrogen-bond acceptors (Lipinski definition) is 1. The summed E-state index contributed by atoms with van der Waals surface area (Å²) in [6.07, 6.45) is 1.92. The highest BCUT2D eigenvalue weighted by Gasteiger charge is 1.82. The van der Waals surface area contributed by atoms with E-state index in [4.69, 9.17) is 5.73 Å². The van der Waals surface area contributed by atoms with Crippen molar-refractivity contribution < 1.29 is 0 Å². The number of allylic oxidation sites excluding steroid dienone is 2. The van der Waals surface area contributed by atoms with Gasteiger partial charge in [0.2, 0.25) is 0 Å². The van der Waals surface area contributed by atoms with Crippen LogP contribution < -0.4 is 5.73 Å². The van der Waals surface area contributed by atoms with Crippen molar-refractivity contribution in [3.05, 3.63) is 18.7 Å². The molecule has 2 N–H and O–H groups in total. The van der Waals surface area contributed by atoms with Crippen LogP contribution in [0.3, 0.4) is 0 Å². The highest BCUT2D eigenvalue weighted by Crippen LogP contribution is 1.94. The van der Waals surface area contributed by atoms with E-state index in [-0.39, 0.29) is 0 Å². The fraction of sp³-hybridized carbons (Fsp3) is 0.500.